The summed E-state index contributed by atoms with van der Waals surface area (Å²) in [6.07, 6.45) is 3.81. The molecule has 1 N–H and O–H groups in total. The number of hydrogen-bond donors (Lipinski definition) is 1. The Labute approximate surface area is 130 Å². The highest BCUT2D eigenvalue weighted by molar-refractivity contribution is 6.30. The summed E-state index contributed by atoms with van der Waals surface area (Å²) in [5.74, 6) is 0.821. The average Bonchev–Trinajstić information content (AvgIpc) is 2.89. The third kappa shape index (κ3) is 5.36. The van der Waals surface area contributed by atoms with Crippen LogP contribution in [0.5, 0.6) is 5.75 Å². The van der Waals surface area contributed by atoms with Crippen LogP contribution in [0.3, 0.4) is 0 Å². The third-order valence-electron chi connectivity index (χ3n) is 3.05. The molecule has 5 nitrogen and oxygen atoms in total. The monoisotopic (exact) mass is 308 g/mol. The SMILES string of the molecule is CCCNC(COc1ccc(Cl)cc1)Cc1cn(C)nn1. The van der Waals surface area contributed by atoms with Gasteiger partial charge in [0.2, 0.25) is 0 Å². The molecule has 6 heteroatoms. The van der Waals surface area contributed by atoms with Gasteiger partial charge in [-0.05, 0) is 37.2 Å². The standard InChI is InChI=1S/C15H21ClN4O/c1-3-8-17-14(9-13-10-20(2)19-18-13)11-21-15-6-4-12(16)5-7-15/h4-7,10,14,17H,3,8-9,11H2,1-2H3. The van der Waals surface area contributed by atoms with Crippen LogP contribution >= 0.6 is 11.6 Å². The van der Waals surface area contributed by atoms with Crippen LogP contribution in [0, 0.1) is 0 Å². The van der Waals surface area contributed by atoms with Crippen molar-refractivity contribution < 1.29 is 4.74 Å². The molecule has 1 aromatic carbocycles. The van der Waals surface area contributed by atoms with E-state index in [1.807, 2.05) is 37.5 Å². The molecule has 0 fully saturated rings. The number of halogens is 1. The highest BCUT2D eigenvalue weighted by Crippen LogP contribution is 2.15. The van der Waals surface area contributed by atoms with E-state index >= 15 is 0 Å². The van der Waals surface area contributed by atoms with Crippen LogP contribution < -0.4 is 10.1 Å². The van der Waals surface area contributed by atoms with Gasteiger partial charge >= 0.3 is 0 Å². The summed E-state index contributed by atoms with van der Waals surface area (Å²) in [7, 11) is 1.87. The number of nitrogens with zero attached hydrogens (tertiary/aromatic N) is 3. The molecule has 1 unspecified atom stereocenters. The second kappa shape index (κ2) is 8.00. The van der Waals surface area contributed by atoms with Gasteiger partial charge < -0.3 is 10.1 Å². The van der Waals surface area contributed by atoms with Crippen LogP contribution in [0.1, 0.15) is 19.0 Å². The molecule has 0 aliphatic rings. The van der Waals surface area contributed by atoms with E-state index in [1.165, 1.54) is 0 Å². The van der Waals surface area contributed by atoms with Crippen molar-refractivity contribution in [2.45, 2.75) is 25.8 Å². The zero-order valence-corrected chi connectivity index (χ0v) is 13.2. The second-order valence-electron chi connectivity index (χ2n) is 5.00. The molecule has 0 spiro atoms. The van der Waals surface area contributed by atoms with Gasteiger partial charge in [-0.15, -0.1) is 5.10 Å². The molecule has 0 bridgehead atoms. The average molecular weight is 309 g/mol. The van der Waals surface area contributed by atoms with E-state index in [-0.39, 0.29) is 6.04 Å². The zero-order chi connectivity index (χ0) is 15.1. The highest BCUT2D eigenvalue weighted by atomic mass is 35.5. The molecule has 0 aliphatic carbocycles. The maximum Gasteiger partial charge on any atom is 0.119 e. The lowest BCUT2D eigenvalue weighted by atomic mass is 10.1. The number of hydrogen-bond acceptors (Lipinski definition) is 4. The highest BCUT2D eigenvalue weighted by Gasteiger charge is 2.12. The normalized spacial score (nSPS) is 12.3. The van der Waals surface area contributed by atoms with Crippen LogP contribution in [-0.4, -0.2) is 34.2 Å². The molecule has 0 saturated heterocycles. The molecular formula is C15H21ClN4O. The molecule has 2 rings (SSSR count). The molecule has 1 heterocycles. The smallest absolute Gasteiger partial charge is 0.119 e. The Morgan fingerprint density at radius 3 is 2.71 bits per heavy atom. The maximum absolute atomic E-state index is 5.87. The van der Waals surface area contributed by atoms with Crippen molar-refractivity contribution in [3.63, 3.8) is 0 Å². The van der Waals surface area contributed by atoms with Gasteiger partial charge in [-0.25, -0.2) is 0 Å². The molecule has 0 aliphatic heterocycles. The van der Waals surface area contributed by atoms with Crippen molar-refractivity contribution in [3.8, 4) is 5.75 Å². The first kappa shape index (κ1) is 15.8. The van der Waals surface area contributed by atoms with E-state index < -0.39 is 0 Å². The Hall–Kier alpha value is -1.59. The van der Waals surface area contributed by atoms with Gasteiger partial charge in [0.05, 0.1) is 5.69 Å². The Balaban J connectivity index is 1.90. The number of nitrogens with one attached hydrogen (secondary N) is 1. The van der Waals surface area contributed by atoms with E-state index in [9.17, 15) is 0 Å². The van der Waals surface area contributed by atoms with Gasteiger partial charge in [0.15, 0.2) is 0 Å². The van der Waals surface area contributed by atoms with Gasteiger partial charge in [0.1, 0.15) is 12.4 Å². The first-order chi connectivity index (χ1) is 10.2. The maximum atomic E-state index is 5.87. The summed E-state index contributed by atoms with van der Waals surface area (Å²) >= 11 is 5.87. The molecular weight excluding hydrogens is 288 g/mol. The minimum Gasteiger partial charge on any atom is -0.492 e. The van der Waals surface area contributed by atoms with Gasteiger partial charge in [0.25, 0.3) is 0 Å². The van der Waals surface area contributed by atoms with E-state index in [4.69, 9.17) is 16.3 Å². The summed E-state index contributed by atoms with van der Waals surface area (Å²) in [4.78, 5) is 0. The summed E-state index contributed by atoms with van der Waals surface area (Å²) < 4.78 is 7.54. The lowest BCUT2D eigenvalue weighted by molar-refractivity contribution is 0.262. The molecule has 21 heavy (non-hydrogen) atoms. The van der Waals surface area contributed by atoms with Crippen LogP contribution in [-0.2, 0) is 13.5 Å². The number of rotatable bonds is 8. The minimum absolute atomic E-state index is 0.206. The van der Waals surface area contributed by atoms with E-state index in [2.05, 4.69) is 22.6 Å². The summed E-state index contributed by atoms with van der Waals surface area (Å²) in [5, 5.41) is 12.3. The molecule has 0 saturated carbocycles. The lowest BCUT2D eigenvalue weighted by Crippen LogP contribution is -2.37. The van der Waals surface area contributed by atoms with Crippen molar-refractivity contribution in [2.75, 3.05) is 13.2 Å². The molecule has 1 aromatic heterocycles. The predicted molar refractivity (Wildman–Crippen MR) is 83.7 cm³/mol. The summed E-state index contributed by atoms with van der Waals surface area (Å²) in [6.45, 7) is 3.68. The number of aryl methyl sites for hydroxylation is 1. The van der Waals surface area contributed by atoms with Crippen molar-refractivity contribution in [1.29, 1.82) is 0 Å². The van der Waals surface area contributed by atoms with E-state index in [0.717, 1.165) is 30.8 Å². The van der Waals surface area contributed by atoms with Crippen LogP contribution in [0.4, 0.5) is 0 Å². The van der Waals surface area contributed by atoms with Crippen LogP contribution in [0.15, 0.2) is 30.5 Å². The van der Waals surface area contributed by atoms with E-state index in [0.29, 0.717) is 11.6 Å². The topological polar surface area (TPSA) is 52.0 Å². The Morgan fingerprint density at radius 2 is 2.10 bits per heavy atom. The number of aromatic nitrogens is 3. The van der Waals surface area contributed by atoms with Crippen LogP contribution in [0.25, 0.3) is 0 Å². The number of benzene rings is 1. The first-order valence-corrected chi connectivity index (χ1v) is 7.52. The largest absolute Gasteiger partial charge is 0.492 e. The van der Waals surface area contributed by atoms with Crippen molar-refractivity contribution in [1.82, 2.24) is 20.3 Å². The van der Waals surface area contributed by atoms with Gasteiger partial charge in [-0.2, -0.15) is 0 Å². The summed E-state index contributed by atoms with van der Waals surface area (Å²) in [6, 6.07) is 7.61. The van der Waals surface area contributed by atoms with Crippen LogP contribution in [0.2, 0.25) is 5.02 Å². The first-order valence-electron chi connectivity index (χ1n) is 7.14. The lowest BCUT2D eigenvalue weighted by Gasteiger charge is -2.18. The molecule has 0 amide bonds. The van der Waals surface area contributed by atoms with Gasteiger partial charge in [-0.1, -0.05) is 23.7 Å². The predicted octanol–water partition coefficient (Wildman–Crippen LogP) is 2.46. The molecule has 1 atom stereocenters. The molecule has 114 valence electrons. The fraction of sp³-hybridized carbons (Fsp3) is 0.467. The molecule has 2 aromatic rings. The van der Waals surface area contributed by atoms with Gasteiger partial charge in [-0.3, -0.25) is 4.68 Å². The summed E-state index contributed by atoms with van der Waals surface area (Å²) in [5.41, 5.74) is 0.964. The fourth-order valence-electron chi connectivity index (χ4n) is 2.01. The van der Waals surface area contributed by atoms with Gasteiger partial charge in [0, 0.05) is 30.7 Å². The Bertz CT molecular complexity index is 541. The van der Waals surface area contributed by atoms with E-state index in [1.54, 1.807) is 4.68 Å². The minimum atomic E-state index is 0.206. The number of ether oxygens (including phenoxy) is 1. The quantitative estimate of drug-likeness (QED) is 0.814. The van der Waals surface area contributed by atoms with Crippen molar-refractivity contribution in [2.24, 2.45) is 7.05 Å². The second-order valence-corrected chi connectivity index (χ2v) is 5.44. The van der Waals surface area contributed by atoms with Crippen molar-refractivity contribution >= 4 is 11.6 Å². The fourth-order valence-corrected chi connectivity index (χ4v) is 2.13. The third-order valence-corrected chi connectivity index (χ3v) is 3.31. The zero-order valence-electron chi connectivity index (χ0n) is 12.4. The van der Waals surface area contributed by atoms with Crippen molar-refractivity contribution in [3.05, 3.63) is 41.2 Å². The Kier molecular flexibility index (Phi) is 6.02. The Morgan fingerprint density at radius 1 is 1.33 bits per heavy atom. The molecule has 0 radical (unpaired) electrons.